The number of hydrogen-bond acceptors (Lipinski definition) is 5. The van der Waals surface area contributed by atoms with Crippen LogP contribution in [0.2, 0.25) is 0 Å². The zero-order chi connectivity index (χ0) is 41.4. The highest BCUT2D eigenvalue weighted by Crippen LogP contribution is 2.45. The Bertz CT molecular complexity index is 3920. The van der Waals surface area contributed by atoms with Gasteiger partial charge in [0.1, 0.15) is 22.3 Å². The molecule has 9 aromatic carbocycles. The van der Waals surface area contributed by atoms with Crippen LogP contribution in [0.25, 0.3) is 128 Å². The minimum absolute atomic E-state index is 0.554. The minimum Gasteiger partial charge on any atom is -0.456 e. The van der Waals surface area contributed by atoms with Crippen LogP contribution in [-0.4, -0.2) is 19.5 Å². The largest absolute Gasteiger partial charge is 0.456 e. The van der Waals surface area contributed by atoms with Crippen molar-refractivity contribution in [3.05, 3.63) is 206 Å². The first kappa shape index (κ1) is 35.2. The van der Waals surface area contributed by atoms with E-state index in [-0.39, 0.29) is 0 Å². The normalized spacial score (nSPS) is 11.8. The number of rotatable bonds is 6. The Morgan fingerprint density at radius 1 is 0.317 bits per heavy atom. The first-order valence-electron chi connectivity index (χ1n) is 21.1. The fourth-order valence-corrected chi connectivity index (χ4v) is 9.44. The summed E-state index contributed by atoms with van der Waals surface area (Å²) in [5, 5.41) is 6.65. The Morgan fingerprint density at radius 3 is 1.60 bits per heavy atom. The molecule has 0 amide bonds. The lowest BCUT2D eigenvalue weighted by molar-refractivity contribution is 0.668. The summed E-state index contributed by atoms with van der Waals surface area (Å²) in [7, 11) is 0. The zero-order valence-corrected chi connectivity index (χ0v) is 33.7. The summed E-state index contributed by atoms with van der Waals surface area (Å²) in [4.78, 5) is 15.1. The molecule has 6 heteroatoms. The van der Waals surface area contributed by atoms with Gasteiger partial charge in [0.2, 0.25) is 0 Å². The van der Waals surface area contributed by atoms with Crippen molar-refractivity contribution in [2.45, 2.75) is 0 Å². The second-order valence-electron chi connectivity index (χ2n) is 15.9. The van der Waals surface area contributed by atoms with E-state index in [0.717, 1.165) is 88.5 Å². The highest BCUT2D eigenvalue weighted by atomic mass is 16.3. The van der Waals surface area contributed by atoms with Crippen molar-refractivity contribution in [2.24, 2.45) is 0 Å². The molecule has 4 aromatic heterocycles. The quantitative estimate of drug-likeness (QED) is 0.167. The lowest BCUT2D eigenvalue weighted by Gasteiger charge is -2.15. The maximum atomic E-state index is 6.73. The Balaban J connectivity index is 0.969. The number of para-hydroxylation sites is 4. The molecule has 0 saturated carbocycles. The monoisotopic (exact) mass is 806 g/mol. The second-order valence-corrected chi connectivity index (χ2v) is 15.9. The van der Waals surface area contributed by atoms with Crippen molar-refractivity contribution in [3.8, 4) is 62.1 Å². The van der Waals surface area contributed by atoms with Gasteiger partial charge in [-0.3, -0.25) is 0 Å². The van der Waals surface area contributed by atoms with Gasteiger partial charge in [0, 0.05) is 60.3 Å². The molecule has 0 radical (unpaired) electrons. The summed E-state index contributed by atoms with van der Waals surface area (Å²) >= 11 is 0. The Morgan fingerprint density at radius 2 is 0.825 bits per heavy atom. The Kier molecular flexibility index (Phi) is 7.80. The number of hydrogen-bond donors (Lipinski definition) is 0. The number of furan rings is 2. The van der Waals surface area contributed by atoms with Gasteiger partial charge in [0.05, 0.1) is 11.0 Å². The lowest BCUT2D eigenvalue weighted by atomic mass is 9.91. The molecular formula is C57H34N4O2. The number of fused-ring (bicyclic) bond motifs is 9. The van der Waals surface area contributed by atoms with Gasteiger partial charge in [-0.15, -0.1) is 0 Å². The van der Waals surface area contributed by atoms with E-state index in [2.05, 4.69) is 156 Å². The average molecular weight is 807 g/mol. The van der Waals surface area contributed by atoms with Gasteiger partial charge in [-0.1, -0.05) is 152 Å². The molecule has 0 spiro atoms. The van der Waals surface area contributed by atoms with Crippen molar-refractivity contribution in [1.82, 2.24) is 19.5 Å². The van der Waals surface area contributed by atoms with Crippen LogP contribution in [0.5, 0.6) is 0 Å². The van der Waals surface area contributed by atoms with Gasteiger partial charge >= 0.3 is 0 Å². The highest BCUT2D eigenvalue weighted by molar-refractivity contribution is 6.17. The van der Waals surface area contributed by atoms with Crippen LogP contribution in [0, 0.1) is 0 Å². The molecule has 0 unspecified atom stereocenters. The fraction of sp³-hybridized carbons (Fsp3) is 0. The minimum atomic E-state index is 0.554. The van der Waals surface area contributed by atoms with Gasteiger partial charge in [-0.25, -0.2) is 15.0 Å². The summed E-state index contributed by atoms with van der Waals surface area (Å²) in [6, 6.07) is 71.7. The molecule has 0 N–H and O–H groups in total. The second kappa shape index (κ2) is 14.0. The predicted octanol–water partition coefficient (Wildman–Crippen LogP) is 15.1. The molecule has 63 heavy (non-hydrogen) atoms. The van der Waals surface area contributed by atoms with Crippen molar-refractivity contribution >= 4 is 65.7 Å². The molecule has 0 aliphatic heterocycles. The molecule has 0 bridgehead atoms. The maximum Gasteiger partial charge on any atom is 0.164 e. The van der Waals surface area contributed by atoms with Gasteiger partial charge < -0.3 is 13.4 Å². The van der Waals surface area contributed by atoms with E-state index in [9.17, 15) is 0 Å². The summed E-state index contributed by atoms with van der Waals surface area (Å²) in [5.74, 6) is 1.70. The number of benzene rings is 9. The van der Waals surface area contributed by atoms with E-state index in [1.165, 1.54) is 21.8 Å². The van der Waals surface area contributed by atoms with Crippen LogP contribution in [0.4, 0.5) is 0 Å². The molecule has 0 saturated heterocycles. The smallest absolute Gasteiger partial charge is 0.164 e. The van der Waals surface area contributed by atoms with E-state index in [4.69, 9.17) is 23.8 Å². The molecule has 4 heterocycles. The molecule has 13 rings (SSSR count). The van der Waals surface area contributed by atoms with E-state index < -0.39 is 0 Å². The summed E-state index contributed by atoms with van der Waals surface area (Å²) in [5.41, 5.74) is 13.8. The Labute approximate surface area is 361 Å². The predicted molar refractivity (Wildman–Crippen MR) is 256 cm³/mol. The average Bonchev–Trinajstić information content (AvgIpc) is 4.03. The first-order chi connectivity index (χ1) is 31.2. The third-order valence-corrected chi connectivity index (χ3v) is 12.3. The molecule has 0 fully saturated rings. The molecule has 6 nitrogen and oxygen atoms in total. The van der Waals surface area contributed by atoms with Crippen LogP contribution >= 0.6 is 0 Å². The third-order valence-electron chi connectivity index (χ3n) is 12.3. The van der Waals surface area contributed by atoms with Crippen LogP contribution in [0.1, 0.15) is 0 Å². The van der Waals surface area contributed by atoms with Crippen molar-refractivity contribution < 1.29 is 8.83 Å². The summed E-state index contributed by atoms with van der Waals surface area (Å²) in [6.07, 6.45) is 0. The SMILES string of the molecule is c1ccc(-c2nc(-c3ccc4c(c3)oc3ccccc34)nc(-c3ccc4c(c3)oc3cccc(-c5ccccc5-c5cccc6c7ccccc7n(-c7ccccc7)c56)c34)n2)cc1. The van der Waals surface area contributed by atoms with E-state index in [1.807, 2.05) is 54.6 Å². The van der Waals surface area contributed by atoms with Crippen LogP contribution in [0.15, 0.2) is 215 Å². The topological polar surface area (TPSA) is 69.9 Å². The molecule has 0 aliphatic rings. The van der Waals surface area contributed by atoms with E-state index in [1.54, 1.807) is 0 Å². The van der Waals surface area contributed by atoms with Gasteiger partial charge in [0.15, 0.2) is 17.5 Å². The van der Waals surface area contributed by atoms with E-state index in [0.29, 0.717) is 17.5 Å². The molecule has 0 atom stereocenters. The molecular weight excluding hydrogens is 773 g/mol. The van der Waals surface area contributed by atoms with Gasteiger partial charge in [-0.2, -0.15) is 0 Å². The van der Waals surface area contributed by atoms with Crippen molar-refractivity contribution in [1.29, 1.82) is 0 Å². The highest BCUT2D eigenvalue weighted by Gasteiger charge is 2.22. The lowest BCUT2D eigenvalue weighted by Crippen LogP contribution is -2.00. The van der Waals surface area contributed by atoms with E-state index >= 15 is 0 Å². The maximum absolute atomic E-state index is 6.73. The standard InChI is InChI=1S/C57H34N4O2/c1-3-15-35(16-4-1)55-58-56(36-29-31-43-42-22-10-12-27-49(42)62-51(43)33-36)60-57(59-55)37-30-32-47-52(34-37)63-50-28-14-23-44(53(47)50)39-19-7-8-20-40(39)45-24-13-25-46-41-21-9-11-26-48(41)61(54(45)46)38-17-5-2-6-18-38/h1-34H. The Hall–Kier alpha value is -8.61. The van der Waals surface area contributed by atoms with Crippen LogP contribution < -0.4 is 0 Å². The van der Waals surface area contributed by atoms with Gasteiger partial charge in [-0.05, 0) is 71.3 Å². The van der Waals surface area contributed by atoms with Crippen LogP contribution in [-0.2, 0) is 0 Å². The zero-order valence-electron chi connectivity index (χ0n) is 33.7. The third kappa shape index (κ3) is 5.62. The summed E-state index contributed by atoms with van der Waals surface area (Å²) < 4.78 is 15.4. The van der Waals surface area contributed by atoms with Crippen LogP contribution in [0.3, 0.4) is 0 Å². The van der Waals surface area contributed by atoms with Crippen molar-refractivity contribution in [3.63, 3.8) is 0 Å². The molecule has 0 aliphatic carbocycles. The fourth-order valence-electron chi connectivity index (χ4n) is 9.44. The molecule has 294 valence electrons. The van der Waals surface area contributed by atoms with Gasteiger partial charge in [0.25, 0.3) is 0 Å². The van der Waals surface area contributed by atoms with Crippen molar-refractivity contribution in [2.75, 3.05) is 0 Å². The molecule has 13 aromatic rings. The summed E-state index contributed by atoms with van der Waals surface area (Å²) in [6.45, 7) is 0. The number of nitrogens with zero attached hydrogens (tertiary/aromatic N) is 4. The first-order valence-corrected chi connectivity index (χ1v) is 21.1. The number of aromatic nitrogens is 4.